The number of rotatable bonds is 7. The number of hydrogen-bond donors (Lipinski definition) is 2. The van der Waals surface area contributed by atoms with Crippen molar-refractivity contribution in [3.05, 3.63) is 28.8 Å². The molecule has 104 valence electrons. The summed E-state index contributed by atoms with van der Waals surface area (Å²) in [6.45, 7) is 2.11. The molecule has 0 aromatic heterocycles. The number of carbonyl (C=O) groups is 2. The number of benzene rings is 1. The van der Waals surface area contributed by atoms with E-state index in [-0.39, 0.29) is 11.5 Å². The van der Waals surface area contributed by atoms with Crippen LogP contribution in [0.1, 0.15) is 49.4 Å². The summed E-state index contributed by atoms with van der Waals surface area (Å²) < 4.78 is 0. The number of anilines is 1. The zero-order valence-electron chi connectivity index (χ0n) is 10.9. The fourth-order valence-corrected chi connectivity index (χ4v) is 1.96. The summed E-state index contributed by atoms with van der Waals surface area (Å²) in [4.78, 5) is 22.5. The zero-order chi connectivity index (χ0) is 14.3. The summed E-state index contributed by atoms with van der Waals surface area (Å²) in [5, 5.41) is 11.9. The predicted octanol–water partition coefficient (Wildman–Crippen LogP) is 3.95. The van der Waals surface area contributed by atoms with Crippen LogP contribution in [-0.4, -0.2) is 17.0 Å². The number of halogens is 1. The average Bonchev–Trinajstić information content (AvgIpc) is 2.34. The molecule has 1 aromatic rings. The summed E-state index contributed by atoms with van der Waals surface area (Å²) in [5.74, 6) is -1.18. The van der Waals surface area contributed by atoms with E-state index in [1.54, 1.807) is 0 Å². The minimum absolute atomic E-state index is 0.0637. The monoisotopic (exact) mass is 283 g/mol. The Labute approximate surface area is 117 Å². The van der Waals surface area contributed by atoms with E-state index in [2.05, 4.69) is 12.2 Å². The summed E-state index contributed by atoms with van der Waals surface area (Å²) in [6.07, 6.45) is 4.55. The Hall–Kier alpha value is -1.55. The van der Waals surface area contributed by atoms with Gasteiger partial charge in [-0.2, -0.15) is 0 Å². The van der Waals surface area contributed by atoms with E-state index in [0.29, 0.717) is 17.1 Å². The maximum atomic E-state index is 11.7. The summed E-state index contributed by atoms with van der Waals surface area (Å²) in [5.41, 5.74) is 0.485. The Morgan fingerprint density at radius 1 is 1.21 bits per heavy atom. The number of aromatic carboxylic acids is 1. The smallest absolute Gasteiger partial charge is 0.335 e. The molecule has 0 saturated heterocycles. The zero-order valence-corrected chi connectivity index (χ0v) is 11.7. The van der Waals surface area contributed by atoms with Crippen LogP contribution in [-0.2, 0) is 4.79 Å². The quantitative estimate of drug-likeness (QED) is 0.745. The largest absolute Gasteiger partial charge is 0.478 e. The number of unbranched alkanes of at least 4 members (excludes halogenated alkanes) is 3. The van der Waals surface area contributed by atoms with E-state index in [0.717, 1.165) is 25.7 Å². The lowest BCUT2D eigenvalue weighted by Gasteiger charge is -2.07. The van der Waals surface area contributed by atoms with Crippen molar-refractivity contribution in [3.8, 4) is 0 Å². The molecule has 0 saturated carbocycles. The van der Waals surface area contributed by atoms with Crippen molar-refractivity contribution in [2.24, 2.45) is 0 Å². The number of carboxylic acids is 1. The molecule has 0 heterocycles. The molecule has 1 aromatic carbocycles. The van der Waals surface area contributed by atoms with Gasteiger partial charge in [-0.3, -0.25) is 4.79 Å². The highest BCUT2D eigenvalue weighted by atomic mass is 35.5. The molecule has 19 heavy (non-hydrogen) atoms. The van der Waals surface area contributed by atoms with Crippen molar-refractivity contribution >= 4 is 29.2 Å². The van der Waals surface area contributed by atoms with E-state index in [1.165, 1.54) is 18.2 Å². The summed E-state index contributed by atoms with van der Waals surface area (Å²) in [6, 6.07) is 4.29. The normalized spacial score (nSPS) is 10.2. The van der Waals surface area contributed by atoms with Crippen LogP contribution in [0.15, 0.2) is 18.2 Å². The van der Waals surface area contributed by atoms with Crippen LogP contribution in [0.2, 0.25) is 5.02 Å². The van der Waals surface area contributed by atoms with Gasteiger partial charge >= 0.3 is 5.97 Å². The second-order valence-corrected chi connectivity index (χ2v) is 4.83. The fourth-order valence-electron chi connectivity index (χ4n) is 1.72. The molecule has 1 rings (SSSR count). The Morgan fingerprint density at radius 3 is 2.58 bits per heavy atom. The Kier molecular flexibility index (Phi) is 6.36. The van der Waals surface area contributed by atoms with Gasteiger partial charge in [0, 0.05) is 17.1 Å². The predicted molar refractivity (Wildman–Crippen MR) is 75.8 cm³/mol. The SMILES string of the molecule is CCCCCCC(=O)Nc1cc(Cl)cc(C(=O)O)c1. The molecule has 0 spiro atoms. The van der Waals surface area contributed by atoms with E-state index in [1.807, 2.05) is 0 Å². The number of hydrogen-bond acceptors (Lipinski definition) is 2. The minimum atomic E-state index is -1.07. The molecular weight excluding hydrogens is 266 g/mol. The Balaban J connectivity index is 2.56. The van der Waals surface area contributed by atoms with E-state index in [9.17, 15) is 9.59 Å². The molecule has 0 aliphatic rings. The molecular formula is C14H18ClNO3. The van der Waals surface area contributed by atoms with E-state index < -0.39 is 5.97 Å². The maximum Gasteiger partial charge on any atom is 0.335 e. The van der Waals surface area contributed by atoms with Crippen molar-refractivity contribution in [2.75, 3.05) is 5.32 Å². The number of carbonyl (C=O) groups excluding carboxylic acids is 1. The van der Waals surface area contributed by atoms with Gasteiger partial charge in [0.2, 0.25) is 5.91 Å². The van der Waals surface area contributed by atoms with Gasteiger partial charge in [0.15, 0.2) is 0 Å². The van der Waals surface area contributed by atoms with Gasteiger partial charge in [-0.1, -0.05) is 37.8 Å². The Bertz CT molecular complexity index is 460. The van der Waals surface area contributed by atoms with Crippen molar-refractivity contribution in [3.63, 3.8) is 0 Å². The standard InChI is InChI=1S/C14H18ClNO3/c1-2-3-4-5-6-13(17)16-12-8-10(14(18)19)7-11(15)9-12/h7-9H,2-6H2,1H3,(H,16,17)(H,18,19). The van der Waals surface area contributed by atoms with Crippen LogP contribution in [0.25, 0.3) is 0 Å². The third-order valence-electron chi connectivity index (χ3n) is 2.69. The van der Waals surface area contributed by atoms with Gasteiger partial charge in [-0.15, -0.1) is 0 Å². The molecule has 1 amide bonds. The summed E-state index contributed by atoms with van der Waals surface area (Å²) in [7, 11) is 0. The van der Waals surface area contributed by atoms with E-state index >= 15 is 0 Å². The lowest BCUT2D eigenvalue weighted by molar-refractivity contribution is -0.116. The first-order valence-electron chi connectivity index (χ1n) is 6.36. The third-order valence-corrected chi connectivity index (χ3v) is 2.90. The van der Waals surface area contributed by atoms with Crippen LogP contribution >= 0.6 is 11.6 Å². The highest BCUT2D eigenvalue weighted by Gasteiger charge is 2.08. The van der Waals surface area contributed by atoms with Gasteiger partial charge in [0.25, 0.3) is 0 Å². The molecule has 0 atom stereocenters. The molecule has 2 N–H and O–H groups in total. The van der Waals surface area contributed by atoms with E-state index in [4.69, 9.17) is 16.7 Å². The lowest BCUT2D eigenvalue weighted by atomic mass is 10.1. The Morgan fingerprint density at radius 2 is 1.95 bits per heavy atom. The van der Waals surface area contributed by atoms with Crippen LogP contribution < -0.4 is 5.32 Å². The van der Waals surface area contributed by atoms with Crippen LogP contribution in [0.3, 0.4) is 0 Å². The van der Waals surface area contributed by atoms with Crippen LogP contribution in [0.4, 0.5) is 5.69 Å². The van der Waals surface area contributed by atoms with Gasteiger partial charge in [0.05, 0.1) is 5.56 Å². The fraction of sp³-hybridized carbons (Fsp3) is 0.429. The third kappa shape index (κ3) is 5.75. The molecule has 0 aliphatic carbocycles. The van der Waals surface area contributed by atoms with Gasteiger partial charge in [-0.25, -0.2) is 4.79 Å². The molecule has 0 fully saturated rings. The number of carboxylic acid groups (broad SMARTS) is 1. The first-order chi connectivity index (χ1) is 9.02. The maximum absolute atomic E-state index is 11.7. The minimum Gasteiger partial charge on any atom is -0.478 e. The van der Waals surface area contributed by atoms with Crippen molar-refractivity contribution < 1.29 is 14.7 Å². The first-order valence-corrected chi connectivity index (χ1v) is 6.74. The molecule has 4 nitrogen and oxygen atoms in total. The van der Waals surface area contributed by atoms with Crippen molar-refractivity contribution in [1.29, 1.82) is 0 Å². The first kappa shape index (κ1) is 15.5. The summed E-state index contributed by atoms with van der Waals surface area (Å²) >= 11 is 5.81. The van der Waals surface area contributed by atoms with Gasteiger partial charge < -0.3 is 10.4 Å². The van der Waals surface area contributed by atoms with Crippen molar-refractivity contribution in [1.82, 2.24) is 0 Å². The number of nitrogens with one attached hydrogen (secondary N) is 1. The highest BCUT2D eigenvalue weighted by Crippen LogP contribution is 2.19. The average molecular weight is 284 g/mol. The topological polar surface area (TPSA) is 66.4 Å². The highest BCUT2D eigenvalue weighted by molar-refractivity contribution is 6.31. The molecule has 0 aliphatic heterocycles. The molecule has 0 radical (unpaired) electrons. The molecule has 0 bridgehead atoms. The number of amides is 1. The van der Waals surface area contributed by atoms with Crippen molar-refractivity contribution in [2.45, 2.75) is 39.0 Å². The lowest BCUT2D eigenvalue weighted by Crippen LogP contribution is -2.11. The second kappa shape index (κ2) is 7.79. The van der Waals surface area contributed by atoms with Crippen LogP contribution in [0.5, 0.6) is 0 Å². The second-order valence-electron chi connectivity index (χ2n) is 4.39. The van der Waals surface area contributed by atoms with Gasteiger partial charge in [0.1, 0.15) is 0 Å². The molecule has 0 unspecified atom stereocenters. The molecule has 5 heteroatoms. The van der Waals surface area contributed by atoms with Gasteiger partial charge in [-0.05, 0) is 24.6 Å². The van der Waals surface area contributed by atoms with Crippen LogP contribution in [0, 0.1) is 0 Å².